The number of thiazole rings is 1. The second-order valence-electron chi connectivity index (χ2n) is 5.46. The molecule has 0 unspecified atom stereocenters. The molecule has 0 aliphatic carbocycles. The van der Waals surface area contributed by atoms with Crippen molar-refractivity contribution in [3.8, 4) is 10.6 Å². The molecule has 7 nitrogen and oxygen atoms in total. The van der Waals surface area contributed by atoms with Crippen LogP contribution < -0.4 is 0 Å². The minimum absolute atomic E-state index is 0.0409. The maximum absolute atomic E-state index is 12.3. The van der Waals surface area contributed by atoms with Gasteiger partial charge in [0.1, 0.15) is 10.8 Å². The highest BCUT2D eigenvalue weighted by molar-refractivity contribution is 7.13. The molecule has 1 amide bonds. The molecule has 3 rings (SSSR count). The molecular formula is C16H18N6OS. The smallest absolute Gasteiger partial charge is 0.224 e. The fourth-order valence-corrected chi connectivity index (χ4v) is 3.09. The minimum atomic E-state index is 0.0409. The zero-order chi connectivity index (χ0) is 16.9. The highest BCUT2D eigenvalue weighted by atomic mass is 32.1. The Morgan fingerprint density at radius 3 is 2.79 bits per heavy atom. The number of hydrogen-bond donors (Lipinski definition) is 0. The zero-order valence-corrected chi connectivity index (χ0v) is 14.4. The molecule has 2 heterocycles. The highest BCUT2D eigenvalue weighted by Gasteiger charge is 2.13. The van der Waals surface area contributed by atoms with Gasteiger partial charge in [-0.05, 0) is 17.4 Å². The van der Waals surface area contributed by atoms with Crippen molar-refractivity contribution in [1.82, 2.24) is 30.1 Å². The van der Waals surface area contributed by atoms with Crippen LogP contribution >= 0.6 is 11.3 Å². The Balaban J connectivity index is 1.56. The maximum atomic E-state index is 12.3. The first-order chi connectivity index (χ1) is 11.6. The van der Waals surface area contributed by atoms with E-state index in [0.29, 0.717) is 25.3 Å². The van der Waals surface area contributed by atoms with Crippen LogP contribution in [0.25, 0.3) is 10.6 Å². The molecule has 1 aromatic carbocycles. The van der Waals surface area contributed by atoms with E-state index in [0.717, 1.165) is 16.3 Å². The molecule has 24 heavy (non-hydrogen) atoms. The van der Waals surface area contributed by atoms with Crippen molar-refractivity contribution in [1.29, 1.82) is 0 Å². The third-order valence-corrected chi connectivity index (χ3v) is 4.59. The predicted octanol–water partition coefficient (Wildman–Crippen LogP) is 2.15. The van der Waals surface area contributed by atoms with E-state index >= 15 is 0 Å². The van der Waals surface area contributed by atoms with Crippen LogP contribution in [0.1, 0.15) is 17.9 Å². The lowest BCUT2D eigenvalue weighted by atomic mass is 10.2. The van der Waals surface area contributed by atoms with Gasteiger partial charge in [-0.1, -0.05) is 30.3 Å². The molecule has 0 bridgehead atoms. The summed E-state index contributed by atoms with van der Waals surface area (Å²) in [6.45, 7) is 2.79. The fraction of sp³-hybridized carbons (Fsp3) is 0.312. The molecule has 124 valence electrons. The molecule has 0 radical (unpaired) electrons. The van der Waals surface area contributed by atoms with Gasteiger partial charge in [0.2, 0.25) is 5.91 Å². The molecule has 3 aromatic rings. The molecule has 0 spiro atoms. The van der Waals surface area contributed by atoms with E-state index in [4.69, 9.17) is 0 Å². The van der Waals surface area contributed by atoms with Crippen molar-refractivity contribution in [3.05, 3.63) is 47.2 Å². The average Bonchev–Trinajstić information content (AvgIpc) is 3.22. The van der Waals surface area contributed by atoms with Gasteiger partial charge >= 0.3 is 0 Å². The Morgan fingerprint density at radius 2 is 2.08 bits per heavy atom. The average molecular weight is 342 g/mol. The number of aryl methyl sites for hydroxylation is 2. The summed E-state index contributed by atoms with van der Waals surface area (Å²) in [5.74, 6) is 0.747. The number of benzene rings is 1. The molecular weight excluding hydrogens is 324 g/mol. The Morgan fingerprint density at radius 1 is 1.29 bits per heavy atom. The van der Waals surface area contributed by atoms with Crippen LogP contribution in [0.4, 0.5) is 0 Å². The van der Waals surface area contributed by atoms with Gasteiger partial charge in [-0.2, -0.15) is 0 Å². The van der Waals surface area contributed by atoms with Gasteiger partial charge < -0.3 is 4.90 Å². The molecule has 8 heteroatoms. The van der Waals surface area contributed by atoms with Gasteiger partial charge in [0.05, 0.1) is 18.8 Å². The van der Waals surface area contributed by atoms with Crippen molar-refractivity contribution in [2.75, 3.05) is 7.05 Å². The number of carbonyl (C=O) groups is 1. The van der Waals surface area contributed by atoms with Crippen molar-refractivity contribution >= 4 is 17.2 Å². The number of amides is 1. The van der Waals surface area contributed by atoms with Crippen LogP contribution in [0.5, 0.6) is 0 Å². The Bertz CT molecular complexity index is 813. The van der Waals surface area contributed by atoms with Crippen molar-refractivity contribution in [2.45, 2.75) is 26.4 Å². The number of nitrogens with zero attached hydrogens (tertiary/aromatic N) is 6. The van der Waals surface area contributed by atoms with Crippen LogP contribution in [0.2, 0.25) is 0 Å². The summed E-state index contributed by atoms with van der Waals surface area (Å²) >= 11 is 1.59. The van der Waals surface area contributed by atoms with E-state index in [1.807, 2.05) is 42.6 Å². The fourth-order valence-electron chi connectivity index (χ4n) is 2.27. The zero-order valence-electron chi connectivity index (χ0n) is 13.6. The molecule has 0 saturated carbocycles. The monoisotopic (exact) mass is 342 g/mol. The summed E-state index contributed by atoms with van der Waals surface area (Å²) in [6, 6.07) is 10.0. The third-order valence-electron chi connectivity index (χ3n) is 3.65. The summed E-state index contributed by atoms with van der Waals surface area (Å²) in [5, 5.41) is 14.2. The lowest BCUT2D eigenvalue weighted by molar-refractivity contribution is -0.130. The first-order valence-corrected chi connectivity index (χ1v) is 8.48. The molecule has 2 aromatic heterocycles. The summed E-state index contributed by atoms with van der Waals surface area (Å²) in [5.41, 5.74) is 1.99. The summed E-state index contributed by atoms with van der Waals surface area (Å²) in [7, 11) is 1.79. The summed E-state index contributed by atoms with van der Waals surface area (Å²) in [6.07, 6.45) is 0.359. The first-order valence-electron chi connectivity index (χ1n) is 7.60. The molecule has 0 fully saturated rings. The Labute approximate surface area is 144 Å². The Hall–Kier alpha value is -2.61. The van der Waals surface area contributed by atoms with Crippen LogP contribution in [-0.4, -0.2) is 43.0 Å². The van der Waals surface area contributed by atoms with E-state index in [1.165, 1.54) is 0 Å². The lowest BCUT2D eigenvalue weighted by Crippen LogP contribution is -2.27. The highest BCUT2D eigenvalue weighted by Crippen LogP contribution is 2.23. The lowest BCUT2D eigenvalue weighted by Gasteiger charge is -2.15. The van der Waals surface area contributed by atoms with E-state index in [1.54, 1.807) is 28.0 Å². The van der Waals surface area contributed by atoms with E-state index < -0.39 is 0 Å². The SMILES string of the molecule is Cc1nnnn1CCC(=O)N(C)Cc1csc(-c2ccccc2)n1. The largest absolute Gasteiger partial charge is 0.340 e. The van der Waals surface area contributed by atoms with Gasteiger partial charge in [0.15, 0.2) is 0 Å². The van der Waals surface area contributed by atoms with E-state index in [2.05, 4.69) is 20.5 Å². The maximum Gasteiger partial charge on any atom is 0.224 e. The van der Waals surface area contributed by atoms with Gasteiger partial charge in [0.25, 0.3) is 0 Å². The minimum Gasteiger partial charge on any atom is -0.340 e. The molecule has 0 aliphatic heterocycles. The number of rotatable bonds is 6. The van der Waals surface area contributed by atoms with Crippen molar-refractivity contribution < 1.29 is 4.79 Å². The molecule has 0 N–H and O–H groups in total. The quantitative estimate of drug-likeness (QED) is 0.686. The summed E-state index contributed by atoms with van der Waals surface area (Å²) < 4.78 is 1.63. The second kappa shape index (κ2) is 7.31. The second-order valence-corrected chi connectivity index (χ2v) is 6.32. The van der Waals surface area contributed by atoms with Gasteiger partial charge in [-0.3, -0.25) is 4.79 Å². The van der Waals surface area contributed by atoms with E-state index in [-0.39, 0.29) is 5.91 Å². The van der Waals surface area contributed by atoms with Crippen molar-refractivity contribution in [3.63, 3.8) is 0 Å². The van der Waals surface area contributed by atoms with Gasteiger partial charge in [-0.15, -0.1) is 16.4 Å². The standard InChI is InChI=1S/C16H18N6OS/c1-12-18-19-20-22(12)9-8-15(23)21(2)10-14-11-24-16(17-14)13-6-4-3-5-7-13/h3-7,11H,8-10H2,1-2H3. The molecule has 0 saturated heterocycles. The van der Waals surface area contributed by atoms with Crippen molar-refractivity contribution in [2.24, 2.45) is 0 Å². The van der Waals surface area contributed by atoms with Crippen LogP contribution in [0.3, 0.4) is 0 Å². The molecule has 0 atom stereocenters. The van der Waals surface area contributed by atoms with Gasteiger partial charge in [0, 0.05) is 24.4 Å². The van der Waals surface area contributed by atoms with Gasteiger partial charge in [-0.25, -0.2) is 9.67 Å². The topological polar surface area (TPSA) is 76.8 Å². The number of tetrazole rings is 1. The first kappa shape index (κ1) is 16.3. The third kappa shape index (κ3) is 3.83. The Kier molecular flexibility index (Phi) is 4.95. The number of carbonyl (C=O) groups excluding carboxylic acids is 1. The molecule has 0 aliphatic rings. The summed E-state index contributed by atoms with van der Waals surface area (Å²) in [4.78, 5) is 18.5. The van der Waals surface area contributed by atoms with Crippen LogP contribution in [0, 0.1) is 6.92 Å². The van der Waals surface area contributed by atoms with Crippen LogP contribution in [-0.2, 0) is 17.9 Å². The van der Waals surface area contributed by atoms with E-state index in [9.17, 15) is 4.79 Å². The number of hydrogen-bond acceptors (Lipinski definition) is 6. The predicted molar refractivity (Wildman–Crippen MR) is 91.2 cm³/mol. The normalized spacial score (nSPS) is 10.8. The number of aromatic nitrogens is 5. The van der Waals surface area contributed by atoms with Crippen LogP contribution in [0.15, 0.2) is 35.7 Å².